The van der Waals surface area contributed by atoms with E-state index in [1.54, 1.807) is 0 Å². The summed E-state index contributed by atoms with van der Waals surface area (Å²) in [6.07, 6.45) is 6.47. The summed E-state index contributed by atoms with van der Waals surface area (Å²) in [6.45, 7) is 4.21. The van der Waals surface area contributed by atoms with Crippen molar-refractivity contribution in [2.24, 2.45) is 5.73 Å². The summed E-state index contributed by atoms with van der Waals surface area (Å²) in [7, 11) is 0. The highest BCUT2D eigenvalue weighted by molar-refractivity contribution is 7.80. The highest BCUT2D eigenvalue weighted by atomic mass is 32.1. The summed E-state index contributed by atoms with van der Waals surface area (Å²) in [5, 5.41) is 0. The standard InChI is InChI=1S/C13H23N3OS/c14-12(18)10-13(17)16-8-4-11(5-9-16)15-6-2-1-3-7-15/h11H,1-10H2,(H2,14,18). The molecule has 18 heavy (non-hydrogen) atoms. The monoisotopic (exact) mass is 269 g/mol. The predicted molar refractivity (Wildman–Crippen MR) is 76.4 cm³/mol. The van der Waals surface area contributed by atoms with E-state index in [0.29, 0.717) is 11.0 Å². The third-order valence-corrected chi connectivity index (χ3v) is 4.19. The number of carbonyl (C=O) groups is 1. The lowest BCUT2D eigenvalue weighted by Crippen LogP contribution is -2.48. The Morgan fingerprint density at radius 1 is 1.11 bits per heavy atom. The lowest BCUT2D eigenvalue weighted by Gasteiger charge is -2.40. The molecule has 0 aromatic carbocycles. The van der Waals surface area contributed by atoms with Crippen molar-refractivity contribution < 1.29 is 4.79 Å². The van der Waals surface area contributed by atoms with Crippen molar-refractivity contribution in [1.29, 1.82) is 0 Å². The van der Waals surface area contributed by atoms with Gasteiger partial charge in [0.05, 0.1) is 11.4 Å². The number of amides is 1. The van der Waals surface area contributed by atoms with Crippen LogP contribution in [0.4, 0.5) is 0 Å². The molecule has 2 heterocycles. The Morgan fingerprint density at radius 2 is 1.72 bits per heavy atom. The highest BCUT2D eigenvalue weighted by Crippen LogP contribution is 2.21. The maximum absolute atomic E-state index is 11.8. The molecule has 4 nitrogen and oxygen atoms in total. The average molecular weight is 269 g/mol. The van der Waals surface area contributed by atoms with E-state index < -0.39 is 0 Å². The van der Waals surface area contributed by atoms with Crippen LogP contribution in [-0.4, -0.2) is 52.9 Å². The molecule has 5 heteroatoms. The molecule has 0 aromatic heterocycles. The van der Waals surface area contributed by atoms with Gasteiger partial charge in [0.2, 0.25) is 5.91 Å². The van der Waals surface area contributed by atoms with Crippen LogP contribution in [0.1, 0.15) is 38.5 Å². The van der Waals surface area contributed by atoms with Crippen molar-refractivity contribution in [2.75, 3.05) is 26.2 Å². The zero-order chi connectivity index (χ0) is 13.0. The number of likely N-dealkylation sites (tertiary alicyclic amines) is 2. The van der Waals surface area contributed by atoms with Crippen LogP contribution in [0.15, 0.2) is 0 Å². The second-order valence-corrected chi connectivity index (χ2v) is 5.88. The van der Waals surface area contributed by atoms with Gasteiger partial charge in [-0.25, -0.2) is 0 Å². The van der Waals surface area contributed by atoms with Crippen molar-refractivity contribution >= 4 is 23.1 Å². The van der Waals surface area contributed by atoms with E-state index in [1.807, 2.05) is 4.90 Å². The van der Waals surface area contributed by atoms with Gasteiger partial charge in [0.25, 0.3) is 0 Å². The van der Waals surface area contributed by atoms with Crippen LogP contribution in [0.3, 0.4) is 0 Å². The Morgan fingerprint density at radius 3 is 2.28 bits per heavy atom. The molecule has 0 unspecified atom stereocenters. The number of hydrogen-bond donors (Lipinski definition) is 1. The number of nitrogens with two attached hydrogens (primary N) is 1. The summed E-state index contributed by atoms with van der Waals surface area (Å²) >= 11 is 4.79. The van der Waals surface area contributed by atoms with Gasteiger partial charge in [-0.3, -0.25) is 4.79 Å². The molecule has 0 atom stereocenters. The number of hydrogen-bond acceptors (Lipinski definition) is 3. The fraction of sp³-hybridized carbons (Fsp3) is 0.846. The zero-order valence-corrected chi connectivity index (χ0v) is 11.8. The lowest BCUT2D eigenvalue weighted by molar-refractivity contribution is -0.131. The molecule has 102 valence electrons. The number of piperidine rings is 2. The van der Waals surface area contributed by atoms with Gasteiger partial charge in [0, 0.05) is 19.1 Å². The molecule has 0 bridgehead atoms. The Bertz CT molecular complexity index is 307. The Kier molecular flexibility index (Phi) is 4.95. The molecule has 2 aliphatic rings. The van der Waals surface area contributed by atoms with Gasteiger partial charge in [0.15, 0.2) is 0 Å². The van der Waals surface area contributed by atoms with Gasteiger partial charge in [-0.2, -0.15) is 0 Å². The molecular weight excluding hydrogens is 246 g/mol. The molecule has 2 saturated heterocycles. The third kappa shape index (κ3) is 3.65. The van der Waals surface area contributed by atoms with Crippen LogP contribution in [-0.2, 0) is 4.79 Å². The van der Waals surface area contributed by atoms with E-state index in [4.69, 9.17) is 18.0 Å². The van der Waals surface area contributed by atoms with Crippen LogP contribution in [0.25, 0.3) is 0 Å². The topological polar surface area (TPSA) is 49.6 Å². The minimum Gasteiger partial charge on any atom is -0.393 e. The number of rotatable bonds is 3. The van der Waals surface area contributed by atoms with Crippen LogP contribution < -0.4 is 5.73 Å². The Labute approximate surface area is 114 Å². The maximum Gasteiger partial charge on any atom is 0.229 e. The van der Waals surface area contributed by atoms with Gasteiger partial charge >= 0.3 is 0 Å². The lowest BCUT2D eigenvalue weighted by atomic mass is 10.00. The average Bonchev–Trinajstić information content (AvgIpc) is 2.39. The molecule has 1 amide bonds. The first-order valence-electron chi connectivity index (χ1n) is 6.97. The molecule has 2 fully saturated rings. The minimum atomic E-state index is 0.0968. The van der Waals surface area contributed by atoms with E-state index in [0.717, 1.165) is 25.9 Å². The summed E-state index contributed by atoms with van der Waals surface area (Å²) in [5.74, 6) is 0.0968. The van der Waals surface area contributed by atoms with Crippen molar-refractivity contribution in [3.05, 3.63) is 0 Å². The van der Waals surface area contributed by atoms with E-state index in [-0.39, 0.29) is 12.3 Å². The summed E-state index contributed by atoms with van der Waals surface area (Å²) in [4.78, 5) is 16.7. The minimum absolute atomic E-state index is 0.0968. The molecular formula is C13H23N3OS. The first-order chi connectivity index (χ1) is 8.66. The van der Waals surface area contributed by atoms with Crippen molar-refractivity contribution in [3.8, 4) is 0 Å². The molecule has 0 aromatic rings. The van der Waals surface area contributed by atoms with E-state index in [2.05, 4.69) is 4.90 Å². The van der Waals surface area contributed by atoms with Gasteiger partial charge in [0.1, 0.15) is 0 Å². The molecule has 2 N–H and O–H groups in total. The SMILES string of the molecule is NC(=S)CC(=O)N1CCC(N2CCCCC2)CC1. The predicted octanol–water partition coefficient (Wildman–Crippen LogP) is 1.14. The molecule has 2 rings (SSSR count). The summed E-state index contributed by atoms with van der Waals surface area (Å²) in [6, 6.07) is 0.680. The van der Waals surface area contributed by atoms with Crippen LogP contribution >= 0.6 is 12.2 Å². The molecule has 0 radical (unpaired) electrons. The third-order valence-electron chi connectivity index (χ3n) is 4.05. The van der Waals surface area contributed by atoms with Crippen molar-refractivity contribution in [3.63, 3.8) is 0 Å². The van der Waals surface area contributed by atoms with Crippen LogP contribution in [0.5, 0.6) is 0 Å². The van der Waals surface area contributed by atoms with Crippen molar-refractivity contribution in [2.45, 2.75) is 44.6 Å². The van der Waals surface area contributed by atoms with Gasteiger partial charge < -0.3 is 15.5 Å². The largest absolute Gasteiger partial charge is 0.393 e. The van der Waals surface area contributed by atoms with E-state index in [1.165, 1.54) is 32.4 Å². The highest BCUT2D eigenvalue weighted by Gasteiger charge is 2.27. The van der Waals surface area contributed by atoms with Gasteiger partial charge in [-0.1, -0.05) is 18.6 Å². The smallest absolute Gasteiger partial charge is 0.229 e. The zero-order valence-electron chi connectivity index (χ0n) is 10.9. The first kappa shape index (κ1) is 13.7. The van der Waals surface area contributed by atoms with Crippen LogP contribution in [0.2, 0.25) is 0 Å². The van der Waals surface area contributed by atoms with E-state index in [9.17, 15) is 4.79 Å². The molecule has 0 saturated carbocycles. The van der Waals surface area contributed by atoms with Gasteiger partial charge in [-0.05, 0) is 38.8 Å². The number of nitrogens with zero attached hydrogens (tertiary/aromatic N) is 2. The van der Waals surface area contributed by atoms with E-state index >= 15 is 0 Å². The maximum atomic E-state index is 11.8. The Hall–Kier alpha value is -0.680. The first-order valence-corrected chi connectivity index (χ1v) is 7.38. The fourth-order valence-corrected chi connectivity index (χ4v) is 3.15. The quantitative estimate of drug-likeness (QED) is 0.781. The fourth-order valence-electron chi connectivity index (χ4n) is 3.02. The normalized spacial score (nSPS) is 23.0. The molecule has 0 aliphatic carbocycles. The van der Waals surface area contributed by atoms with Crippen LogP contribution in [0, 0.1) is 0 Å². The van der Waals surface area contributed by atoms with Crippen molar-refractivity contribution in [1.82, 2.24) is 9.80 Å². The molecule has 0 spiro atoms. The molecule has 2 aliphatic heterocycles. The summed E-state index contributed by atoms with van der Waals surface area (Å²) < 4.78 is 0. The second kappa shape index (κ2) is 6.48. The Balaban J connectivity index is 1.76. The second-order valence-electron chi connectivity index (χ2n) is 5.35. The number of thiocarbonyl (C=S) groups is 1. The van der Waals surface area contributed by atoms with Gasteiger partial charge in [-0.15, -0.1) is 0 Å². The number of carbonyl (C=O) groups excluding carboxylic acids is 1. The summed E-state index contributed by atoms with van der Waals surface area (Å²) in [5.41, 5.74) is 5.42.